The zero-order valence-corrected chi connectivity index (χ0v) is 30.6. The minimum atomic E-state index is -4.70. The van der Waals surface area contributed by atoms with E-state index in [0.717, 1.165) is 55.1 Å². The van der Waals surface area contributed by atoms with Crippen molar-refractivity contribution in [3.05, 3.63) is 46.8 Å². The zero-order valence-electron chi connectivity index (χ0n) is 30.6. The van der Waals surface area contributed by atoms with E-state index in [1.165, 1.54) is 45.1 Å². The van der Waals surface area contributed by atoms with Crippen molar-refractivity contribution < 1.29 is 32.3 Å². The molecule has 0 unspecified atom stereocenters. The maximum absolute atomic E-state index is 14.5. The number of aromatic nitrogens is 3. The highest BCUT2D eigenvalue weighted by Gasteiger charge is 2.66. The average molecular weight is 735 g/mol. The number of benzene rings is 1. The Hall–Kier alpha value is -4.29. The summed E-state index contributed by atoms with van der Waals surface area (Å²) in [6.07, 6.45) is 7.94. The summed E-state index contributed by atoms with van der Waals surface area (Å²) in [6, 6.07) is 4.92. The number of hydrogen-bond acceptors (Lipinski definition) is 7. The van der Waals surface area contributed by atoms with Gasteiger partial charge in [-0.25, -0.2) is 4.98 Å². The van der Waals surface area contributed by atoms with E-state index >= 15 is 0 Å². The number of rotatable bonds is 6. The van der Waals surface area contributed by atoms with Gasteiger partial charge in [-0.2, -0.15) is 18.3 Å². The number of alkyl halides is 3. The van der Waals surface area contributed by atoms with Gasteiger partial charge in [0.25, 0.3) is 0 Å². The first kappa shape index (κ1) is 37.0. The molecule has 3 atom stereocenters. The third-order valence-electron chi connectivity index (χ3n) is 12.1. The predicted octanol–water partition coefficient (Wildman–Crippen LogP) is 7.81. The molecule has 1 aromatic carbocycles. The average Bonchev–Trinajstić information content (AvgIpc) is 3.53. The monoisotopic (exact) mass is 734 g/mol. The molecule has 4 heterocycles. The van der Waals surface area contributed by atoms with Crippen LogP contribution in [-0.4, -0.2) is 61.7 Å². The molecule has 1 saturated heterocycles. The van der Waals surface area contributed by atoms with E-state index in [-0.39, 0.29) is 41.6 Å². The van der Waals surface area contributed by atoms with Crippen LogP contribution in [0.2, 0.25) is 0 Å². The number of ketones is 2. The number of piperidine rings is 1. The molecule has 3 fully saturated rings. The van der Waals surface area contributed by atoms with Gasteiger partial charge < -0.3 is 15.5 Å². The molecule has 10 nitrogen and oxygen atoms in total. The third kappa shape index (κ3) is 7.85. The van der Waals surface area contributed by atoms with Gasteiger partial charge in [0.15, 0.2) is 5.78 Å². The van der Waals surface area contributed by atoms with Gasteiger partial charge in [0.05, 0.1) is 5.52 Å². The Labute approximate surface area is 307 Å². The molecule has 2 aliphatic heterocycles. The van der Waals surface area contributed by atoms with Gasteiger partial charge >= 0.3 is 6.18 Å². The number of Topliss-reactive ketones (excluding diaryl/α,β-unsaturated/α-hetero) is 2. The smallest absolute Gasteiger partial charge is 0.385 e. The third-order valence-corrected chi connectivity index (χ3v) is 12.1. The normalized spacial score (nSPS) is 24.5. The van der Waals surface area contributed by atoms with Crippen molar-refractivity contribution >= 4 is 45.8 Å². The van der Waals surface area contributed by atoms with Gasteiger partial charge in [0.2, 0.25) is 11.8 Å². The molecule has 2 saturated carbocycles. The second-order valence-corrected chi connectivity index (χ2v) is 15.9. The summed E-state index contributed by atoms with van der Waals surface area (Å²) in [5.74, 6) is -0.660. The van der Waals surface area contributed by atoms with E-state index in [0.29, 0.717) is 55.4 Å². The van der Waals surface area contributed by atoms with Gasteiger partial charge in [0, 0.05) is 43.4 Å². The lowest BCUT2D eigenvalue weighted by Gasteiger charge is -2.27. The standard InChI is InChI=1S/C40H49F3N6O4/c1-24-14-15-32(40(41,42)43)45-37(24)46-38(53)31-20-39-17-16-29(51)13-9-4-3-8-12-27-18-28(44-22-26-10-6-5-7-11-26)19-30-35(25(2)50)47-48(36(27)30)23-34(52)49(31)33(39)21-39/h14-15,18-19,26,31,33,44H,3-13,16-17,20-23H2,1-2H3,(H,45,46,53)/t31-,33+,39-/m0/s1. The topological polar surface area (TPSA) is 126 Å². The van der Waals surface area contributed by atoms with Crippen LogP contribution in [0.5, 0.6) is 0 Å². The molecule has 0 spiro atoms. The molecule has 53 heavy (non-hydrogen) atoms. The number of amides is 2. The van der Waals surface area contributed by atoms with Crippen LogP contribution < -0.4 is 10.6 Å². The summed E-state index contributed by atoms with van der Waals surface area (Å²) >= 11 is 0. The summed E-state index contributed by atoms with van der Waals surface area (Å²) in [5, 5.41) is 11.6. The first-order valence-corrected chi connectivity index (χ1v) is 19.3. The Morgan fingerprint density at radius 3 is 2.43 bits per heavy atom. The van der Waals surface area contributed by atoms with Crippen LogP contribution in [0, 0.1) is 18.3 Å². The van der Waals surface area contributed by atoms with Gasteiger partial charge in [-0.05, 0) is 98.9 Å². The van der Waals surface area contributed by atoms with E-state index < -0.39 is 29.2 Å². The minimum absolute atomic E-state index is 0.166. The zero-order chi connectivity index (χ0) is 37.5. The molecule has 2 N–H and O–H groups in total. The van der Waals surface area contributed by atoms with E-state index in [1.54, 1.807) is 16.5 Å². The first-order valence-electron chi connectivity index (χ1n) is 19.3. The second-order valence-electron chi connectivity index (χ2n) is 15.9. The van der Waals surface area contributed by atoms with Crippen LogP contribution in [0.1, 0.15) is 124 Å². The van der Waals surface area contributed by atoms with Crippen molar-refractivity contribution in [1.82, 2.24) is 19.7 Å². The van der Waals surface area contributed by atoms with Crippen LogP contribution in [-0.2, 0) is 33.5 Å². The Morgan fingerprint density at radius 1 is 0.962 bits per heavy atom. The Kier molecular flexibility index (Phi) is 10.4. The number of carbonyl (C=O) groups is 4. The maximum atomic E-state index is 14.5. The van der Waals surface area contributed by atoms with Gasteiger partial charge in [-0.15, -0.1) is 0 Å². The fraction of sp³-hybridized carbons (Fsp3) is 0.600. The maximum Gasteiger partial charge on any atom is 0.433 e. The molecule has 4 aliphatic rings. The summed E-state index contributed by atoms with van der Waals surface area (Å²) < 4.78 is 42.2. The van der Waals surface area contributed by atoms with Crippen LogP contribution in [0.25, 0.3) is 10.9 Å². The number of carbonyl (C=O) groups excluding carboxylic acids is 4. The molecule has 284 valence electrons. The van der Waals surface area contributed by atoms with Gasteiger partial charge in [0.1, 0.15) is 35.6 Å². The van der Waals surface area contributed by atoms with Crippen molar-refractivity contribution in [2.75, 3.05) is 17.2 Å². The molecule has 7 rings (SSSR count). The van der Waals surface area contributed by atoms with Crippen molar-refractivity contribution in [2.24, 2.45) is 11.3 Å². The number of aryl methyl sites for hydroxylation is 2. The van der Waals surface area contributed by atoms with Gasteiger partial charge in [-0.1, -0.05) is 38.2 Å². The Morgan fingerprint density at radius 2 is 1.70 bits per heavy atom. The van der Waals surface area contributed by atoms with Crippen LogP contribution in [0.4, 0.5) is 24.7 Å². The summed E-state index contributed by atoms with van der Waals surface area (Å²) in [5.41, 5.74) is 1.69. The quantitative estimate of drug-likeness (QED) is 0.248. The Bertz CT molecular complexity index is 1920. The molecule has 13 heteroatoms. The van der Waals surface area contributed by atoms with Crippen LogP contribution in [0.15, 0.2) is 24.3 Å². The van der Waals surface area contributed by atoms with E-state index in [2.05, 4.69) is 21.7 Å². The number of nitrogens with one attached hydrogen (secondary N) is 2. The lowest BCUT2D eigenvalue weighted by molar-refractivity contribution is -0.141. The highest BCUT2D eigenvalue weighted by Crippen LogP contribution is 2.62. The number of pyridine rings is 1. The summed E-state index contributed by atoms with van der Waals surface area (Å²) in [4.78, 5) is 59.7. The van der Waals surface area contributed by atoms with E-state index in [4.69, 9.17) is 5.10 Å². The van der Waals surface area contributed by atoms with Crippen LogP contribution >= 0.6 is 0 Å². The second kappa shape index (κ2) is 14.9. The lowest BCUT2D eigenvalue weighted by atomic mass is 9.89. The van der Waals surface area contributed by atoms with Crippen molar-refractivity contribution in [3.63, 3.8) is 0 Å². The van der Waals surface area contributed by atoms with Crippen molar-refractivity contribution in [1.29, 1.82) is 0 Å². The predicted molar refractivity (Wildman–Crippen MR) is 195 cm³/mol. The summed E-state index contributed by atoms with van der Waals surface area (Å²) in [6.45, 7) is 3.66. The molecule has 2 amide bonds. The fourth-order valence-electron chi connectivity index (χ4n) is 9.03. The molecule has 0 radical (unpaired) electrons. The van der Waals surface area contributed by atoms with E-state index in [9.17, 15) is 32.3 Å². The summed E-state index contributed by atoms with van der Waals surface area (Å²) in [7, 11) is 0. The van der Waals surface area contributed by atoms with E-state index in [1.807, 2.05) is 6.07 Å². The van der Waals surface area contributed by atoms with Crippen LogP contribution in [0.3, 0.4) is 0 Å². The Balaban J connectivity index is 1.23. The molecule has 2 aliphatic carbocycles. The van der Waals surface area contributed by atoms with Gasteiger partial charge in [-0.3, -0.25) is 23.9 Å². The first-order chi connectivity index (χ1) is 25.3. The fourth-order valence-corrected chi connectivity index (χ4v) is 9.03. The number of halogens is 3. The molecular formula is C40H49F3N6O4. The highest BCUT2D eigenvalue weighted by atomic mass is 19.4. The molecule has 2 aromatic heterocycles. The molecule has 2 bridgehead atoms. The van der Waals surface area contributed by atoms with Crippen molar-refractivity contribution in [2.45, 2.75) is 135 Å². The molecule has 3 aromatic rings. The van der Waals surface area contributed by atoms with Crippen molar-refractivity contribution in [3.8, 4) is 0 Å². The largest absolute Gasteiger partial charge is 0.433 e. The SMILES string of the molecule is CC(=O)c1nn2c3c(cc(NCC4CCCCC4)cc13)CCCCCCC(=O)CC[C@@]13C[C@@H](C(=O)Nc4nc(C(F)(F)F)ccc4C)N(C(=O)C2)[C@@H]1C3. The molecular weight excluding hydrogens is 685 g/mol. The number of anilines is 2. The minimum Gasteiger partial charge on any atom is -0.385 e. The lowest BCUT2D eigenvalue weighted by Crippen LogP contribution is -2.47. The number of nitrogens with zero attached hydrogens (tertiary/aromatic N) is 4. The number of hydrogen-bond donors (Lipinski definition) is 2. The highest BCUT2D eigenvalue weighted by molar-refractivity contribution is 6.07.